The fourth-order valence-electron chi connectivity index (χ4n) is 3.09. The maximum Gasteiger partial charge on any atom is 0.260 e. The zero-order valence-electron chi connectivity index (χ0n) is 15.0. The normalized spacial score (nSPS) is 11.0. The van der Waals surface area contributed by atoms with E-state index in [9.17, 15) is 9.90 Å². The molecule has 0 unspecified atom stereocenters. The van der Waals surface area contributed by atoms with Crippen LogP contribution < -0.4 is 5.32 Å². The topological polar surface area (TPSA) is 95.8 Å². The van der Waals surface area contributed by atoms with Gasteiger partial charge in [0, 0.05) is 11.5 Å². The number of phenolic OH excluding ortho intramolecular Hbond substituents is 1. The van der Waals surface area contributed by atoms with Crippen LogP contribution in [0.3, 0.4) is 0 Å². The van der Waals surface area contributed by atoms with Crippen LogP contribution in [0.15, 0.2) is 48.7 Å². The third-order valence-electron chi connectivity index (χ3n) is 4.51. The SMILES string of the molecule is CCc1c(C(=O)Nc2n[nH]c3cc(O)ccc23)cnn1-c1ccc(C)cc1. The molecule has 0 fully saturated rings. The highest BCUT2D eigenvalue weighted by molar-refractivity contribution is 6.08. The number of benzene rings is 2. The van der Waals surface area contributed by atoms with Gasteiger partial charge in [-0.1, -0.05) is 24.6 Å². The number of H-pyrrole nitrogens is 1. The highest BCUT2D eigenvalue weighted by Crippen LogP contribution is 2.25. The van der Waals surface area contributed by atoms with Crippen LogP contribution in [0.5, 0.6) is 5.75 Å². The van der Waals surface area contributed by atoms with E-state index in [4.69, 9.17) is 0 Å². The Bertz CT molecular complexity index is 1130. The molecule has 0 bridgehead atoms. The van der Waals surface area contributed by atoms with Crippen molar-refractivity contribution in [2.75, 3.05) is 5.32 Å². The van der Waals surface area contributed by atoms with Crippen molar-refractivity contribution in [2.24, 2.45) is 0 Å². The Morgan fingerprint density at radius 3 is 2.74 bits per heavy atom. The monoisotopic (exact) mass is 361 g/mol. The first-order valence-corrected chi connectivity index (χ1v) is 8.69. The average Bonchev–Trinajstić information content (AvgIpc) is 3.26. The van der Waals surface area contributed by atoms with Crippen molar-refractivity contribution >= 4 is 22.6 Å². The van der Waals surface area contributed by atoms with Gasteiger partial charge < -0.3 is 10.4 Å². The fraction of sp³-hybridized carbons (Fsp3) is 0.150. The molecule has 0 aliphatic heterocycles. The van der Waals surface area contributed by atoms with Gasteiger partial charge in [0.2, 0.25) is 0 Å². The van der Waals surface area contributed by atoms with Crippen molar-refractivity contribution in [3.8, 4) is 11.4 Å². The van der Waals surface area contributed by atoms with Crippen LogP contribution in [0.4, 0.5) is 5.82 Å². The molecule has 2 heterocycles. The highest BCUT2D eigenvalue weighted by Gasteiger charge is 2.19. The number of nitrogens with one attached hydrogen (secondary N) is 2. The Morgan fingerprint density at radius 1 is 1.22 bits per heavy atom. The summed E-state index contributed by atoms with van der Waals surface area (Å²) in [5.41, 5.74) is 4.06. The molecule has 7 nitrogen and oxygen atoms in total. The van der Waals surface area contributed by atoms with Gasteiger partial charge >= 0.3 is 0 Å². The van der Waals surface area contributed by atoms with Gasteiger partial charge in [0.1, 0.15) is 5.75 Å². The van der Waals surface area contributed by atoms with Crippen molar-refractivity contribution in [1.82, 2.24) is 20.0 Å². The Morgan fingerprint density at radius 2 is 2.00 bits per heavy atom. The molecule has 1 amide bonds. The van der Waals surface area contributed by atoms with Crippen molar-refractivity contribution in [3.05, 3.63) is 65.5 Å². The van der Waals surface area contributed by atoms with E-state index < -0.39 is 0 Å². The van der Waals surface area contributed by atoms with Crippen LogP contribution in [0.1, 0.15) is 28.5 Å². The molecule has 2 aromatic heterocycles. The van der Waals surface area contributed by atoms with Crippen molar-refractivity contribution in [2.45, 2.75) is 20.3 Å². The average molecular weight is 361 g/mol. The summed E-state index contributed by atoms with van der Waals surface area (Å²) in [6.07, 6.45) is 2.24. The Balaban J connectivity index is 1.66. The Hall–Kier alpha value is -3.61. The molecule has 0 saturated heterocycles. The minimum Gasteiger partial charge on any atom is -0.508 e. The van der Waals surface area contributed by atoms with Crippen LogP contribution in [-0.2, 0) is 6.42 Å². The molecule has 27 heavy (non-hydrogen) atoms. The molecular weight excluding hydrogens is 342 g/mol. The molecular formula is C20H19N5O2. The lowest BCUT2D eigenvalue weighted by Gasteiger charge is -2.08. The lowest BCUT2D eigenvalue weighted by Crippen LogP contribution is -2.14. The first-order chi connectivity index (χ1) is 13.1. The third kappa shape index (κ3) is 3.03. The van der Waals surface area contributed by atoms with Gasteiger partial charge in [-0.2, -0.15) is 10.2 Å². The molecule has 0 saturated carbocycles. The zero-order chi connectivity index (χ0) is 19.0. The van der Waals surface area contributed by atoms with E-state index in [-0.39, 0.29) is 11.7 Å². The van der Waals surface area contributed by atoms with Gasteiger partial charge in [-0.05, 0) is 37.6 Å². The Labute approximate surface area is 155 Å². The largest absolute Gasteiger partial charge is 0.508 e. The highest BCUT2D eigenvalue weighted by atomic mass is 16.3. The number of nitrogens with zero attached hydrogens (tertiary/aromatic N) is 3. The lowest BCUT2D eigenvalue weighted by atomic mass is 10.1. The quantitative estimate of drug-likeness (QED) is 0.518. The van der Waals surface area contributed by atoms with Gasteiger partial charge in [0.15, 0.2) is 5.82 Å². The number of amides is 1. The number of rotatable bonds is 4. The van der Waals surface area contributed by atoms with Crippen molar-refractivity contribution in [3.63, 3.8) is 0 Å². The summed E-state index contributed by atoms with van der Waals surface area (Å²) in [4.78, 5) is 12.8. The van der Waals surface area contributed by atoms with Gasteiger partial charge in [-0.15, -0.1) is 0 Å². The first kappa shape index (κ1) is 16.8. The van der Waals surface area contributed by atoms with Crippen molar-refractivity contribution < 1.29 is 9.90 Å². The number of carbonyl (C=O) groups excluding carboxylic acids is 1. The van der Waals surface area contributed by atoms with Gasteiger partial charge in [0.25, 0.3) is 5.91 Å². The lowest BCUT2D eigenvalue weighted by molar-refractivity contribution is 0.102. The fourth-order valence-corrected chi connectivity index (χ4v) is 3.09. The number of hydrogen-bond donors (Lipinski definition) is 3. The second-order valence-electron chi connectivity index (χ2n) is 6.36. The summed E-state index contributed by atoms with van der Waals surface area (Å²) in [5, 5.41) is 24.5. The summed E-state index contributed by atoms with van der Waals surface area (Å²) >= 11 is 0. The van der Waals surface area contributed by atoms with Gasteiger partial charge in [-0.3, -0.25) is 9.89 Å². The van der Waals surface area contributed by atoms with E-state index in [0.29, 0.717) is 23.3 Å². The number of phenols is 1. The number of carbonyl (C=O) groups is 1. The molecule has 4 aromatic rings. The van der Waals surface area contributed by atoms with Crippen LogP contribution in [0.2, 0.25) is 0 Å². The second-order valence-corrected chi connectivity index (χ2v) is 6.36. The molecule has 4 rings (SSSR count). The second kappa shape index (κ2) is 6.60. The minimum atomic E-state index is -0.272. The van der Waals surface area contributed by atoms with Gasteiger partial charge in [0.05, 0.1) is 28.7 Å². The number of aromatic amines is 1. The molecule has 0 aliphatic carbocycles. The standard InChI is InChI=1S/C20H19N5O2/c1-3-18-16(11-21-25(18)13-6-4-12(2)5-7-13)20(27)22-19-15-9-8-14(26)10-17(15)23-24-19/h4-11,26H,3H2,1-2H3,(H2,22,23,24,27). The molecule has 2 aromatic carbocycles. The van der Waals surface area contributed by atoms with Crippen LogP contribution in [0, 0.1) is 6.92 Å². The van der Waals surface area contributed by atoms with E-state index in [1.165, 1.54) is 5.56 Å². The van der Waals surface area contributed by atoms with E-state index in [1.807, 2.05) is 38.1 Å². The molecule has 136 valence electrons. The summed E-state index contributed by atoms with van der Waals surface area (Å²) in [6.45, 7) is 4.02. The predicted octanol–water partition coefficient (Wildman–Crippen LogP) is 3.58. The van der Waals surface area contributed by atoms with Crippen LogP contribution in [-0.4, -0.2) is 31.0 Å². The van der Waals surface area contributed by atoms with E-state index in [2.05, 4.69) is 20.6 Å². The summed E-state index contributed by atoms with van der Waals surface area (Å²) in [5.74, 6) is 0.281. The molecule has 0 aliphatic rings. The number of aromatic nitrogens is 4. The number of anilines is 1. The molecule has 7 heteroatoms. The predicted molar refractivity (Wildman–Crippen MR) is 103 cm³/mol. The summed E-state index contributed by atoms with van der Waals surface area (Å²) < 4.78 is 1.79. The number of aryl methyl sites for hydroxylation is 1. The van der Waals surface area contributed by atoms with Gasteiger partial charge in [-0.25, -0.2) is 4.68 Å². The maximum absolute atomic E-state index is 12.8. The van der Waals surface area contributed by atoms with Crippen LogP contribution >= 0.6 is 0 Å². The molecule has 0 atom stereocenters. The molecule has 0 spiro atoms. The summed E-state index contributed by atoms with van der Waals surface area (Å²) in [7, 11) is 0. The third-order valence-corrected chi connectivity index (χ3v) is 4.51. The molecule has 3 N–H and O–H groups in total. The number of fused-ring (bicyclic) bond motifs is 1. The first-order valence-electron chi connectivity index (χ1n) is 8.69. The number of hydrogen-bond acceptors (Lipinski definition) is 4. The van der Waals surface area contributed by atoms with E-state index in [1.54, 1.807) is 29.1 Å². The van der Waals surface area contributed by atoms with E-state index >= 15 is 0 Å². The maximum atomic E-state index is 12.8. The summed E-state index contributed by atoms with van der Waals surface area (Å²) in [6, 6.07) is 12.8. The minimum absolute atomic E-state index is 0.136. The Kier molecular flexibility index (Phi) is 4.12. The number of aromatic hydroxyl groups is 1. The van der Waals surface area contributed by atoms with Crippen LogP contribution in [0.25, 0.3) is 16.6 Å². The van der Waals surface area contributed by atoms with Crippen molar-refractivity contribution in [1.29, 1.82) is 0 Å². The zero-order valence-corrected chi connectivity index (χ0v) is 15.0. The smallest absolute Gasteiger partial charge is 0.260 e. The molecule has 0 radical (unpaired) electrons. The van der Waals surface area contributed by atoms with E-state index in [0.717, 1.165) is 16.8 Å².